The summed E-state index contributed by atoms with van der Waals surface area (Å²) in [5.41, 5.74) is 13.0. The van der Waals surface area contributed by atoms with Crippen LogP contribution in [-0.4, -0.2) is 27.0 Å². The molecule has 0 aliphatic carbocycles. The van der Waals surface area contributed by atoms with Gasteiger partial charge in [0.15, 0.2) is 0 Å². The fourth-order valence-electron chi connectivity index (χ4n) is 6.06. The Morgan fingerprint density at radius 3 is 1.31 bits per heavy atom. The van der Waals surface area contributed by atoms with Gasteiger partial charge in [-0.25, -0.2) is 9.97 Å². The fourth-order valence-corrected chi connectivity index (χ4v) is 6.27. The number of H-pyrrole nitrogens is 2. The van der Waals surface area contributed by atoms with E-state index in [0.717, 1.165) is 72.6 Å². The van der Waals surface area contributed by atoms with Gasteiger partial charge in [-0.3, -0.25) is 0 Å². The molecule has 0 fully saturated rings. The molecular weight excluding hydrogens is 576 g/mol. The van der Waals surface area contributed by atoms with Crippen LogP contribution in [0, 0.1) is 0 Å². The van der Waals surface area contributed by atoms with E-state index < -0.39 is 0 Å². The molecule has 2 aliphatic rings. The maximum Gasteiger partial charge on any atom is 0.118 e. The molecule has 216 valence electrons. The van der Waals surface area contributed by atoms with Crippen molar-refractivity contribution >= 4 is 58.0 Å². The third kappa shape index (κ3) is 4.84. The third-order valence-electron chi connectivity index (χ3n) is 8.19. The largest absolute Gasteiger partial charge is 0.497 e. The second-order valence-corrected chi connectivity index (χ2v) is 11.3. The first-order valence-electron chi connectivity index (χ1n) is 14.7. The lowest BCUT2D eigenvalue weighted by molar-refractivity contribution is 0.415. The van der Waals surface area contributed by atoms with Gasteiger partial charge >= 0.3 is 0 Å². The Morgan fingerprint density at radius 2 is 0.867 bits per heavy atom. The van der Waals surface area contributed by atoms with Crippen LogP contribution in [0.2, 0.25) is 5.02 Å². The molecule has 0 unspecified atom stereocenters. The monoisotopic (exact) mass is 602 g/mol. The second-order valence-electron chi connectivity index (χ2n) is 10.9. The molecule has 5 heterocycles. The van der Waals surface area contributed by atoms with E-state index in [2.05, 4.69) is 70.6 Å². The quantitative estimate of drug-likeness (QED) is 0.211. The number of hydrogen-bond donors (Lipinski definition) is 2. The smallest absolute Gasteiger partial charge is 0.118 e. The number of methoxy groups -OCH3 is 1. The number of rotatable bonds is 4. The standard InChI is InChI=1S/C39H27ClN4O/c1-45-27-14-12-26(13-15-27)38-30-18-16-28(41-30)36(24-8-4-2-5-9-24)32-20-22-34(43-32)39(40)35-23-21-33(44-35)37(25-10-6-3-7-11-25)29-17-19-31(38)42-29/h2-23,41-42H,1H3. The highest BCUT2D eigenvalue weighted by atomic mass is 35.5. The minimum Gasteiger partial charge on any atom is -0.497 e. The van der Waals surface area contributed by atoms with E-state index in [4.69, 9.17) is 26.3 Å². The van der Waals surface area contributed by atoms with Crippen LogP contribution >= 0.6 is 11.6 Å². The Kier molecular flexibility index (Phi) is 6.66. The van der Waals surface area contributed by atoms with E-state index in [9.17, 15) is 0 Å². The van der Waals surface area contributed by atoms with Crippen molar-refractivity contribution in [3.05, 3.63) is 137 Å². The molecule has 3 aromatic carbocycles. The van der Waals surface area contributed by atoms with Crippen molar-refractivity contribution in [3.63, 3.8) is 0 Å². The van der Waals surface area contributed by atoms with Crippen molar-refractivity contribution in [3.8, 4) is 39.1 Å². The molecule has 3 aromatic heterocycles. The number of hydrogen-bond acceptors (Lipinski definition) is 3. The van der Waals surface area contributed by atoms with Crippen molar-refractivity contribution < 1.29 is 4.74 Å². The molecular formula is C39H27ClN4O. The van der Waals surface area contributed by atoms with E-state index >= 15 is 0 Å². The molecule has 6 heteroatoms. The molecule has 0 saturated heterocycles. The molecule has 0 atom stereocenters. The van der Waals surface area contributed by atoms with Crippen molar-refractivity contribution in [2.24, 2.45) is 0 Å². The van der Waals surface area contributed by atoms with Crippen LogP contribution in [0.15, 0.2) is 109 Å². The van der Waals surface area contributed by atoms with Gasteiger partial charge in [-0.15, -0.1) is 0 Å². The van der Waals surface area contributed by atoms with E-state index in [0.29, 0.717) is 16.4 Å². The lowest BCUT2D eigenvalue weighted by Gasteiger charge is -2.06. The number of aromatic nitrogens is 4. The third-order valence-corrected chi connectivity index (χ3v) is 8.58. The molecule has 45 heavy (non-hydrogen) atoms. The molecule has 2 aliphatic heterocycles. The Bertz CT molecular complexity index is 2160. The molecule has 6 aromatic rings. The zero-order valence-corrected chi connectivity index (χ0v) is 25.1. The van der Waals surface area contributed by atoms with Gasteiger partial charge in [-0.1, -0.05) is 84.4 Å². The summed E-state index contributed by atoms with van der Waals surface area (Å²) in [5.74, 6) is 0.804. The molecule has 8 rings (SSSR count). The summed E-state index contributed by atoms with van der Waals surface area (Å²) in [6, 6.07) is 37.3. The van der Waals surface area contributed by atoms with Gasteiger partial charge in [-0.2, -0.15) is 0 Å². The summed E-state index contributed by atoms with van der Waals surface area (Å²) in [6.07, 6.45) is 7.97. The Morgan fingerprint density at radius 1 is 0.467 bits per heavy atom. The lowest BCUT2D eigenvalue weighted by Crippen LogP contribution is -1.88. The number of nitrogens with one attached hydrogen (secondary N) is 2. The van der Waals surface area contributed by atoms with Crippen LogP contribution in [0.5, 0.6) is 5.75 Å². The molecule has 0 radical (unpaired) electrons. The van der Waals surface area contributed by atoms with E-state index in [1.165, 1.54) is 0 Å². The summed E-state index contributed by atoms with van der Waals surface area (Å²) >= 11 is 7.00. The number of ether oxygens (including phenoxy) is 1. The number of halogens is 1. The van der Waals surface area contributed by atoms with Crippen LogP contribution in [0.1, 0.15) is 22.8 Å². The normalized spacial score (nSPS) is 12.0. The Hall–Kier alpha value is -5.65. The zero-order valence-electron chi connectivity index (χ0n) is 24.4. The molecule has 5 nitrogen and oxygen atoms in total. The maximum atomic E-state index is 7.00. The van der Waals surface area contributed by atoms with Crippen molar-refractivity contribution in [1.82, 2.24) is 19.9 Å². The predicted octanol–water partition coefficient (Wildman–Crippen LogP) is 10.3. The van der Waals surface area contributed by atoms with Gasteiger partial charge in [0.25, 0.3) is 0 Å². The first-order chi connectivity index (χ1) is 22.2. The average Bonchev–Trinajstić information content (AvgIpc) is 3.92. The number of nitrogens with zero attached hydrogens (tertiary/aromatic N) is 2. The highest BCUT2D eigenvalue weighted by Gasteiger charge is 2.17. The first kappa shape index (κ1) is 26.9. The van der Waals surface area contributed by atoms with Crippen molar-refractivity contribution in [2.45, 2.75) is 0 Å². The summed E-state index contributed by atoms with van der Waals surface area (Å²) in [4.78, 5) is 17.6. The zero-order chi connectivity index (χ0) is 30.3. The molecule has 0 amide bonds. The maximum absolute atomic E-state index is 7.00. The second kappa shape index (κ2) is 11.1. The minimum atomic E-state index is 0.508. The summed E-state index contributed by atoms with van der Waals surface area (Å²) < 4.78 is 5.48. The van der Waals surface area contributed by atoms with Crippen molar-refractivity contribution in [1.29, 1.82) is 0 Å². The summed E-state index contributed by atoms with van der Waals surface area (Å²) in [7, 11) is 1.68. The fraction of sp³-hybridized carbons (Fsp3) is 0.0256. The summed E-state index contributed by atoms with van der Waals surface area (Å²) in [6.45, 7) is 0. The lowest BCUT2D eigenvalue weighted by atomic mass is 10.0. The SMILES string of the molecule is COc1ccc(-c2c3ccc([nH]3)c(-c3ccccc3)c3nc(c(Cl)c4nc(c(-c5ccccc5)c5ccc2[nH]5)C=C4)C=C3)cc1. The van der Waals surface area contributed by atoms with Crippen molar-refractivity contribution in [2.75, 3.05) is 7.11 Å². The van der Waals surface area contributed by atoms with Crippen LogP contribution in [0.3, 0.4) is 0 Å². The first-order valence-corrected chi connectivity index (χ1v) is 15.1. The minimum absolute atomic E-state index is 0.508. The number of fused-ring (bicyclic) bond motifs is 8. The number of aromatic amines is 2. The van der Waals surface area contributed by atoms with Gasteiger partial charge in [0.05, 0.1) is 34.9 Å². The summed E-state index contributed by atoms with van der Waals surface area (Å²) in [5, 5.41) is 0.508. The van der Waals surface area contributed by atoms with E-state index in [-0.39, 0.29) is 0 Å². The average molecular weight is 603 g/mol. The Labute approximate surface area is 265 Å². The highest BCUT2D eigenvalue weighted by molar-refractivity contribution is 6.33. The van der Waals surface area contributed by atoms with Crippen LogP contribution in [0.25, 0.3) is 79.8 Å². The van der Waals surface area contributed by atoms with Crippen LogP contribution in [0.4, 0.5) is 0 Å². The van der Waals surface area contributed by atoms with Gasteiger partial charge in [0, 0.05) is 38.8 Å². The van der Waals surface area contributed by atoms with Gasteiger partial charge in [0.2, 0.25) is 0 Å². The number of benzene rings is 3. The molecule has 0 saturated carbocycles. The van der Waals surface area contributed by atoms with Gasteiger partial charge in [-0.05, 0) is 77.4 Å². The predicted molar refractivity (Wildman–Crippen MR) is 187 cm³/mol. The Balaban J connectivity index is 1.55. The van der Waals surface area contributed by atoms with Crippen LogP contribution < -0.4 is 4.74 Å². The van der Waals surface area contributed by atoms with E-state index in [1.54, 1.807) is 7.11 Å². The topological polar surface area (TPSA) is 66.6 Å². The van der Waals surface area contributed by atoms with Gasteiger partial charge < -0.3 is 14.7 Å². The molecule has 0 spiro atoms. The van der Waals surface area contributed by atoms with E-state index in [1.807, 2.05) is 72.8 Å². The molecule has 8 bridgehead atoms. The van der Waals surface area contributed by atoms with Gasteiger partial charge in [0.1, 0.15) is 5.75 Å². The molecule has 2 N–H and O–H groups in total. The van der Waals surface area contributed by atoms with Crippen LogP contribution in [-0.2, 0) is 0 Å². The highest BCUT2D eigenvalue weighted by Crippen LogP contribution is 2.37.